The first kappa shape index (κ1) is 18.1. The van der Waals surface area contributed by atoms with Crippen molar-refractivity contribution in [2.24, 2.45) is 5.10 Å². The largest absolute Gasteiger partial charge is 0.326 e. The fourth-order valence-corrected chi connectivity index (χ4v) is 2.46. The van der Waals surface area contributed by atoms with E-state index < -0.39 is 0 Å². The number of hydrogen-bond donors (Lipinski definition) is 2. The Hall–Kier alpha value is -3.73. The summed E-state index contributed by atoms with van der Waals surface area (Å²) in [7, 11) is 0. The topological polar surface area (TPSA) is 70.6 Å². The van der Waals surface area contributed by atoms with Crippen LogP contribution in [0.4, 0.5) is 5.69 Å². The molecule has 0 heterocycles. The van der Waals surface area contributed by atoms with Crippen molar-refractivity contribution in [3.63, 3.8) is 0 Å². The third-order valence-electron chi connectivity index (χ3n) is 3.82. The highest BCUT2D eigenvalue weighted by molar-refractivity contribution is 5.96. The molecular formula is C22H19N3O2. The van der Waals surface area contributed by atoms with Crippen LogP contribution in [0.15, 0.2) is 90.0 Å². The van der Waals surface area contributed by atoms with E-state index in [4.69, 9.17) is 0 Å². The van der Waals surface area contributed by atoms with Crippen LogP contribution in [-0.2, 0) is 11.2 Å². The first-order chi connectivity index (χ1) is 13.2. The molecule has 3 rings (SSSR count). The molecule has 0 saturated carbocycles. The molecule has 0 aliphatic carbocycles. The van der Waals surface area contributed by atoms with Crippen LogP contribution >= 0.6 is 0 Å². The summed E-state index contributed by atoms with van der Waals surface area (Å²) in [5, 5.41) is 6.76. The zero-order chi connectivity index (χ0) is 18.9. The van der Waals surface area contributed by atoms with Gasteiger partial charge in [-0.05, 0) is 35.4 Å². The number of carbonyl (C=O) groups is 2. The van der Waals surface area contributed by atoms with Crippen LogP contribution in [0.3, 0.4) is 0 Å². The van der Waals surface area contributed by atoms with Crippen LogP contribution < -0.4 is 10.7 Å². The molecule has 0 aromatic heterocycles. The number of hydrogen-bond acceptors (Lipinski definition) is 3. The number of hydrazone groups is 1. The fourth-order valence-electron chi connectivity index (χ4n) is 2.46. The molecule has 3 aromatic rings. The average molecular weight is 357 g/mol. The van der Waals surface area contributed by atoms with E-state index in [2.05, 4.69) is 15.8 Å². The minimum atomic E-state index is -0.315. The van der Waals surface area contributed by atoms with Crippen LogP contribution in [0, 0.1) is 0 Å². The molecule has 2 N–H and O–H groups in total. The number of nitrogens with one attached hydrogen (secondary N) is 2. The Bertz CT molecular complexity index is 921. The van der Waals surface area contributed by atoms with Gasteiger partial charge in [-0.25, -0.2) is 5.43 Å². The third-order valence-corrected chi connectivity index (χ3v) is 3.82. The second kappa shape index (κ2) is 9.10. The first-order valence-corrected chi connectivity index (χ1v) is 8.53. The van der Waals surface area contributed by atoms with Crippen molar-refractivity contribution in [2.45, 2.75) is 6.42 Å². The van der Waals surface area contributed by atoms with Crippen molar-refractivity contribution in [3.8, 4) is 0 Å². The van der Waals surface area contributed by atoms with Crippen molar-refractivity contribution in [1.82, 2.24) is 5.43 Å². The lowest BCUT2D eigenvalue weighted by Gasteiger charge is -2.06. The zero-order valence-corrected chi connectivity index (χ0v) is 14.6. The summed E-state index contributed by atoms with van der Waals surface area (Å²) in [5.41, 5.74) is 5.43. The average Bonchev–Trinajstić information content (AvgIpc) is 2.70. The third kappa shape index (κ3) is 5.64. The van der Waals surface area contributed by atoms with Crippen LogP contribution in [0.1, 0.15) is 21.5 Å². The highest BCUT2D eigenvalue weighted by Gasteiger charge is 2.06. The van der Waals surface area contributed by atoms with Crippen LogP contribution in [-0.4, -0.2) is 18.0 Å². The first-order valence-electron chi connectivity index (χ1n) is 8.53. The number of rotatable bonds is 6. The molecule has 0 unspecified atom stereocenters. The molecule has 0 atom stereocenters. The molecule has 27 heavy (non-hydrogen) atoms. The predicted molar refractivity (Wildman–Crippen MR) is 107 cm³/mol. The highest BCUT2D eigenvalue weighted by atomic mass is 16.2. The van der Waals surface area contributed by atoms with Gasteiger partial charge in [-0.1, -0.05) is 60.7 Å². The van der Waals surface area contributed by atoms with Gasteiger partial charge in [0.1, 0.15) is 0 Å². The van der Waals surface area contributed by atoms with Gasteiger partial charge in [0.05, 0.1) is 12.6 Å². The molecule has 0 bridgehead atoms. The molecular weight excluding hydrogens is 338 g/mol. The van der Waals surface area contributed by atoms with Crippen LogP contribution in [0.2, 0.25) is 0 Å². The van der Waals surface area contributed by atoms with Gasteiger partial charge in [0, 0.05) is 11.3 Å². The summed E-state index contributed by atoms with van der Waals surface area (Å²) in [4.78, 5) is 24.2. The maximum atomic E-state index is 12.1. The molecule has 5 heteroatoms. The van der Waals surface area contributed by atoms with Crippen LogP contribution in [0.25, 0.3) is 0 Å². The van der Waals surface area contributed by atoms with Gasteiger partial charge in [0.25, 0.3) is 5.91 Å². The fraction of sp³-hybridized carbons (Fsp3) is 0.0455. The summed E-state index contributed by atoms with van der Waals surface area (Å²) >= 11 is 0. The van der Waals surface area contributed by atoms with Gasteiger partial charge >= 0.3 is 0 Å². The molecule has 0 saturated heterocycles. The standard InChI is InChI=1S/C22H19N3O2/c26-21(15-17-7-3-1-4-8-17)24-20-13-11-19(12-14-20)22(27)25-23-16-18-9-5-2-6-10-18/h1-14,16H,15H2,(H,24,26)(H,25,27)/b23-16-. The minimum absolute atomic E-state index is 0.106. The molecule has 134 valence electrons. The van der Waals surface area contributed by atoms with E-state index in [1.54, 1.807) is 30.5 Å². The number of amides is 2. The Balaban J connectivity index is 1.52. The molecule has 0 spiro atoms. The smallest absolute Gasteiger partial charge is 0.271 e. The number of carbonyl (C=O) groups excluding carboxylic acids is 2. The van der Waals surface area contributed by atoms with E-state index in [0.717, 1.165) is 11.1 Å². The van der Waals surface area contributed by atoms with Crippen molar-refractivity contribution >= 4 is 23.7 Å². The van der Waals surface area contributed by atoms with E-state index in [1.807, 2.05) is 60.7 Å². The summed E-state index contributed by atoms with van der Waals surface area (Å²) in [6.45, 7) is 0. The molecule has 0 aliphatic rings. The summed E-state index contributed by atoms with van der Waals surface area (Å²) in [6.07, 6.45) is 1.88. The maximum Gasteiger partial charge on any atom is 0.271 e. The van der Waals surface area contributed by atoms with Gasteiger partial charge in [-0.2, -0.15) is 5.10 Å². The summed E-state index contributed by atoms with van der Waals surface area (Å²) < 4.78 is 0. The van der Waals surface area contributed by atoms with Gasteiger partial charge in [0.2, 0.25) is 5.91 Å². The van der Waals surface area contributed by atoms with E-state index in [-0.39, 0.29) is 11.8 Å². The van der Waals surface area contributed by atoms with Crippen LogP contribution in [0.5, 0.6) is 0 Å². The highest BCUT2D eigenvalue weighted by Crippen LogP contribution is 2.11. The normalized spacial score (nSPS) is 10.5. The lowest BCUT2D eigenvalue weighted by atomic mass is 10.1. The number of anilines is 1. The second-order valence-electron chi connectivity index (χ2n) is 5.90. The van der Waals surface area contributed by atoms with Gasteiger partial charge in [0.15, 0.2) is 0 Å². The Morgan fingerprint density at radius 2 is 1.44 bits per heavy atom. The lowest BCUT2D eigenvalue weighted by Crippen LogP contribution is -2.18. The van der Waals surface area contributed by atoms with Crippen molar-refractivity contribution in [1.29, 1.82) is 0 Å². The number of benzene rings is 3. The van der Waals surface area contributed by atoms with E-state index in [0.29, 0.717) is 17.7 Å². The van der Waals surface area contributed by atoms with E-state index in [1.165, 1.54) is 0 Å². The van der Waals surface area contributed by atoms with E-state index in [9.17, 15) is 9.59 Å². The van der Waals surface area contributed by atoms with Crippen molar-refractivity contribution < 1.29 is 9.59 Å². The zero-order valence-electron chi connectivity index (χ0n) is 14.6. The second-order valence-corrected chi connectivity index (χ2v) is 5.90. The Morgan fingerprint density at radius 3 is 2.11 bits per heavy atom. The van der Waals surface area contributed by atoms with Gasteiger partial charge < -0.3 is 5.32 Å². The Labute approximate surface area is 157 Å². The van der Waals surface area contributed by atoms with Gasteiger partial charge in [-0.3, -0.25) is 9.59 Å². The SMILES string of the molecule is O=C(Cc1ccccc1)Nc1ccc(C(=O)N/N=C\c2ccccc2)cc1. The Morgan fingerprint density at radius 1 is 0.815 bits per heavy atom. The minimum Gasteiger partial charge on any atom is -0.326 e. The molecule has 0 fully saturated rings. The predicted octanol–water partition coefficient (Wildman–Crippen LogP) is 3.63. The molecule has 3 aromatic carbocycles. The molecule has 2 amide bonds. The van der Waals surface area contributed by atoms with Crippen molar-refractivity contribution in [3.05, 3.63) is 102 Å². The van der Waals surface area contributed by atoms with Gasteiger partial charge in [-0.15, -0.1) is 0 Å². The maximum absolute atomic E-state index is 12.1. The molecule has 0 aliphatic heterocycles. The monoisotopic (exact) mass is 357 g/mol. The summed E-state index contributed by atoms with van der Waals surface area (Å²) in [6, 6.07) is 25.7. The Kier molecular flexibility index (Phi) is 6.09. The molecule has 5 nitrogen and oxygen atoms in total. The number of nitrogens with zero attached hydrogens (tertiary/aromatic N) is 1. The van der Waals surface area contributed by atoms with E-state index >= 15 is 0 Å². The lowest BCUT2D eigenvalue weighted by molar-refractivity contribution is -0.115. The van der Waals surface area contributed by atoms with Crippen molar-refractivity contribution in [2.75, 3.05) is 5.32 Å². The summed E-state index contributed by atoms with van der Waals surface area (Å²) in [5.74, 6) is -0.421. The molecule has 0 radical (unpaired) electrons. The quantitative estimate of drug-likeness (QED) is 0.522.